The highest BCUT2D eigenvalue weighted by atomic mass is 19.1. The minimum absolute atomic E-state index is 0.309. The molecule has 0 bridgehead atoms. The molecule has 1 saturated heterocycles. The predicted molar refractivity (Wildman–Crippen MR) is 38.8 cm³/mol. The molecule has 1 unspecified atom stereocenters. The summed E-state index contributed by atoms with van der Waals surface area (Å²) in [6.45, 7) is 2.93. The first-order chi connectivity index (χ1) is 4.77. The summed E-state index contributed by atoms with van der Waals surface area (Å²) in [5, 5.41) is 0. The average molecular weight is 146 g/mol. The highest BCUT2D eigenvalue weighted by Gasteiger charge is 2.28. The maximum atomic E-state index is 13.4. The molecule has 10 heavy (non-hydrogen) atoms. The van der Waals surface area contributed by atoms with Gasteiger partial charge in [0.25, 0.3) is 0 Å². The Bertz CT molecular complexity index is 95.4. The summed E-state index contributed by atoms with van der Waals surface area (Å²) in [7, 11) is 0. The molecular formula is C8H15FO. The molecule has 1 aliphatic rings. The van der Waals surface area contributed by atoms with E-state index in [1.165, 1.54) is 0 Å². The quantitative estimate of drug-likeness (QED) is 0.551. The zero-order chi connectivity index (χ0) is 7.45. The number of hydrogen-bond donors (Lipinski definition) is 0. The summed E-state index contributed by atoms with van der Waals surface area (Å²) in [4.78, 5) is 0. The monoisotopic (exact) mass is 146 g/mol. The Balaban J connectivity index is 2.41. The van der Waals surface area contributed by atoms with Crippen LogP contribution in [0.15, 0.2) is 0 Å². The van der Waals surface area contributed by atoms with E-state index < -0.39 is 5.67 Å². The van der Waals surface area contributed by atoms with Gasteiger partial charge in [-0.2, -0.15) is 0 Å². The number of hydrogen-bond acceptors (Lipinski definition) is 1. The Morgan fingerprint density at radius 2 is 2.30 bits per heavy atom. The van der Waals surface area contributed by atoms with E-state index in [4.69, 9.17) is 4.74 Å². The second-order valence-electron chi connectivity index (χ2n) is 3.01. The van der Waals surface area contributed by atoms with Crippen LogP contribution >= 0.6 is 0 Å². The molecule has 0 aromatic rings. The number of ether oxygens (including phenoxy) is 1. The first-order valence-electron chi connectivity index (χ1n) is 4.03. The van der Waals surface area contributed by atoms with Crippen molar-refractivity contribution in [1.29, 1.82) is 0 Å². The van der Waals surface area contributed by atoms with Crippen molar-refractivity contribution < 1.29 is 9.13 Å². The van der Waals surface area contributed by atoms with Crippen LogP contribution in [0.4, 0.5) is 4.39 Å². The van der Waals surface area contributed by atoms with E-state index in [1.54, 1.807) is 0 Å². The second kappa shape index (κ2) is 3.33. The molecule has 0 spiro atoms. The lowest BCUT2D eigenvalue weighted by atomic mass is 9.98. The van der Waals surface area contributed by atoms with Crippen molar-refractivity contribution in [1.82, 2.24) is 0 Å². The average Bonchev–Trinajstić information content (AvgIpc) is 2.15. The fourth-order valence-electron chi connectivity index (χ4n) is 1.25. The Morgan fingerprint density at radius 1 is 1.50 bits per heavy atom. The number of halogens is 1. The largest absolute Gasteiger partial charge is 0.378 e. The maximum absolute atomic E-state index is 13.4. The summed E-state index contributed by atoms with van der Waals surface area (Å²) < 4.78 is 18.6. The summed E-state index contributed by atoms with van der Waals surface area (Å²) in [6, 6.07) is 0. The number of alkyl halides is 1. The Hall–Kier alpha value is -0.110. The molecule has 0 aromatic carbocycles. The van der Waals surface area contributed by atoms with Crippen LogP contribution in [-0.2, 0) is 4.74 Å². The van der Waals surface area contributed by atoms with E-state index in [2.05, 4.69) is 0 Å². The zero-order valence-corrected chi connectivity index (χ0v) is 6.53. The molecule has 1 atom stereocenters. The Labute approximate surface area is 61.6 Å². The van der Waals surface area contributed by atoms with Gasteiger partial charge in [-0.25, -0.2) is 4.39 Å². The minimum Gasteiger partial charge on any atom is -0.378 e. The fraction of sp³-hybridized carbons (Fsp3) is 1.00. The zero-order valence-electron chi connectivity index (χ0n) is 6.53. The third-order valence-electron chi connectivity index (χ3n) is 2.16. The molecule has 2 heteroatoms. The first kappa shape index (κ1) is 7.99. The van der Waals surface area contributed by atoms with Crippen molar-refractivity contribution in [3.05, 3.63) is 0 Å². The standard InChI is InChI=1S/C8H15FO/c1-2-8(9)5-3-4-6-10-7-8/h2-7H2,1H3. The van der Waals surface area contributed by atoms with Crippen molar-refractivity contribution >= 4 is 0 Å². The second-order valence-corrected chi connectivity index (χ2v) is 3.01. The summed E-state index contributed by atoms with van der Waals surface area (Å²) in [5.41, 5.74) is -1.02. The van der Waals surface area contributed by atoms with Gasteiger partial charge in [0.05, 0.1) is 6.61 Å². The first-order valence-corrected chi connectivity index (χ1v) is 4.03. The number of rotatable bonds is 1. The molecule has 0 aliphatic carbocycles. The van der Waals surface area contributed by atoms with Crippen LogP contribution in [-0.4, -0.2) is 18.9 Å². The SMILES string of the molecule is CCC1(F)CCCCOC1. The molecule has 0 amide bonds. The van der Waals surface area contributed by atoms with Gasteiger partial charge >= 0.3 is 0 Å². The van der Waals surface area contributed by atoms with E-state index in [0.29, 0.717) is 19.4 Å². The maximum Gasteiger partial charge on any atom is 0.134 e. The lowest BCUT2D eigenvalue weighted by Crippen LogP contribution is -2.26. The highest BCUT2D eigenvalue weighted by molar-refractivity contribution is 4.78. The van der Waals surface area contributed by atoms with Crippen molar-refractivity contribution in [3.63, 3.8) is 0 Å². The van der Waals surface area contributed by atoms with Crippen LogP contribution < -0.4 is 0 Å². The molecule has 0 saturated carbocycles. The predicted octanol–water partition coefficient (Wildman–Crippen LogP) is 2.31. The van der Waals surface area contributed by atoms with Gasteiger partial charge in [-0.05, 0) is 25.7 Å². The lowest BCUT2D eigenvalue weighted by molar-refractivity contribution is 0.0264. The van der Waals surface area contributed by atoms with E-state index in [1.807, 2.05) is 6.92 Å². The van der Waals surface area contributed by atoms with E-state index in [9.17, 15) is 4.39 Å². The van der Waals surface area contributed by atoms with Crippen LogP contribution in [0.25, 0.3) is 0 Å². The van der Waals surface area contributed by atoms with Gasteiger partial charge in [-0.1, -0.05) is 6.92 Å². The Morgan fingerprint density at radius 3 is 3.00 bits per heavy atom. The van der Waals surface area contributed by atoms with Crippen LogP contribution in [0.1, 0.15) is 32.6 Å². The van der Waals surface area contributed by atoms with Crippen LogP contribution in [0, 0.1) is 0 Å². The van der Waals surface area contributed by atoms with Gasteiger partial charge < -0.3 is 4.74 Å². The fourth-order valence-corrected chi connectivity index (χ4v) is 1.25. The van der Waals surface area contributed by atoms with Gasteiger partial charge in [-0.15, -0.1) is 0 Å². The molecule has 0 aromatic heterocycles. The molecule has 1 aliphatic heterocycles. The third-order valence-corrected chi connectivity index (χ3v) is 2.16. The Kier molecular flexibility index (Phi) is 2.66. The minimum atomic E-state index is -1.02. The van der Waals surface area contributed by atoms with Gasteiger partial charge in [0, 0.05) is 6.61 Å². The van der Waals surface area contributed by atoms with Crippen molar-refractivity contribution in [2.45, 2.75) is 38.3 Å². The van der Waals surface area contributed by atoms with E-state index in [0.717, 1.165) is 19.4 Å². The summed E-state index contributed by atoms with van der Waals surface area (Å²) >= 11 is 0. The normalized spacial score (nSPS) is 35.4. The summed E-state index contributed by atoms with van der Waals surface area (Å²) in [6.07, 6.45) is 3.27. The van der Waals surface area contributed by atoms with Gasteiger partial charge in [-0.3, -0.25) is 0 Å². The molecule has 60 valence electrons. The highest BCUT2D eigenvalue weighted by Crippen LogP contribution is 2.26. The molecule has 1 rings (SSSR count). The smallest absolute Gasteiger partial charge is 0.134 e. The lowest BCUT2D eigenvalue weighted by Gasteiger charge is -2.20. The van der Waals surface area contributed by atoms with Gasteiger partial charge in [0.15, 0.2) is 0 Å². The van der Waals surface area contributed by atoms with E-state index in [-0.39, 0.29) is 0 Å². The van der Waals surface area contributed by atoms with Crippen LogP contribution in [0.3, 0.4) is 0 Å². The molecule has 0 N–H and O–H groups in total. The summed E-state index contributed by atoms with van der Waals surface area (Å²) in [5.74, 6) is 0. The molecule has 1 heterocycles. The molecule has 0 radical (unpaired) electrons. The van der Waals surface area contributed by atoms with Crippen molar-refractivity contribution in [2.75, 3.05) is 13.2 Å². The molecular weight excluding hydrogens is 131 g/mol. The van der Waals surface area contributed by atoms with E-state index >= 15 is 0 Å². The van der Waals surface area contributed by atoms with Crippen molar-refractivity contribution in [2.24, 2.45) is 0 Å². The molecule has 1 nitrogen and oxygen atoms in total. The third kappa shape index (κ3) is 1.94. The molecule has 1 fully saturated rings. The van der Waals surface area contributed by atoms with Gasteiger partial charge in [0.2, 0.25) is 0 Å². The topological polar surface area (TPSA) is 9.23 Å². The van der Waals surface area contributed by atoms with Crippen molar-refractivity contribution in [3.8, 4) is 0 Å². The van der Waals surface area contributed by atoms with Crippen LogP contribution in [0.5, 0.6) is 0 Å². The van der Waals surface area contributed by atoms with Crippen LogP contribution in [0.2, 0.25) is 0 Å². The van der Waals surface area contributed by atoms with Gasteiger partial charge in [0.1, 0.15) is 5.67 Å².